The van der Waals surface area contributed by atoms with Gasteiger partial charge >= 0.3 is 0 Å². The predicted octanol–water partition coefficient (Wildman–Crippen LogP) is 3.16. The molecule has 17 heavy (non-hydrogen) atoms. The highest BCUT2D eigenvalue weighted by atomic mass is 15.1. The average Bonchev–Trinajstić information content (AvgIpc) is 2.86. The van der Waals surface area contributed by atoms with E-state index in [1.165, 1.54) is 43.4 Å². The van der Waals surface area contributed by atoms with Crippen molar-refractivity contribution in [1.29, 1.82) is 0 Å². The van der Waals surface area contributed by atoms with Crippen molar-refractivity contribution >= 4 is 5.69 Å². The number of hydrogen-bond acceptors (Lipinski definition) is 2. The summed E-state index contributed by atoms with van der Waals surface area (Å²) in [5, 5.41) is 0. The third-order valence-corrected chi connectivity index (χ3v) is 4.50. The summed E-state index contributed by atoms with van der Waals surface area (Å²) in [6.07, 6.45) is 5.63. The highest BCUT2D eigenvalue weighted by Crippen LogP contribution is 2.40. The second-order valence-electron chi connectivity index (χ2n) is 6.15. The molecule has 0 radical (unpaired) electrons. The maximum atomic E-state index is 6.05. The first kappa shape index (κ1) is 11.1. The molecule has 92 valence electrons. The maximum absolute atomic E-state index is 6.05. The molecule has 1 saturated carbocycles. The summed E-state index contributed by atoms with van der Waals surface area (Å²) in [6.45, 7) is 5.83. The highest BCUT2D eigenvalue weighted by Gasteiger charge is 2.32. The van der Waals surface area contributed by atoms with Crippen LogP contribution in [0.2, 0.25) is 0 Å². The topological polar surface area (TPSA) is 29.3 Å². The monoisotopic (exact) mass is 230 g/mol. The van der Waals surface area contributed by atoms with Crippen LogP contribution < -0.4 is 5.73 Å². The number of benzene rings is 1. The molecule has 2 N–H and O–H groups in total. The van der Waals surface area contributed by atoms with Crippen molar-refractivity contribution in [2.45, 2.75) is 45.7 Å². The third kappa shape index (κ3) is 2.06. The van der Waals surface area contributed by atoms with Crippen LogP contribution in [0.25, 0.3) is 0 Å². The molecule has 3 rings (SSSR count). The number of hydrogen-bond donors (Lipinski definition) is 1. The molecule has 1 aliphatic heterocycles. The van der Waals surface area contributed by atoms with Crippen molar-refractivity contribution in [3.05, 3.63) is 29.3 Å². The second-order valence-corrected chi connectivity index (χ2v) is 6.15. The summed E-state index contributed by atoms with van der Waals surface area (Å²) in [5.41, 5.74) is 10.4. The van der Waals surface area contributed by atoms with Gasteiger partial charge in [-0.1, -0.05) is 31.9 Å². The van der Waals surface area contributed by atoms with Crippen LogP contribution in [-0.4, -0.2) is 11.4 Å². The van der Waals surface area contributed by atoms with E-state index in [4.69, 9.17) is 5.73 Å². The zero-order chi connectivity index (χ0) is 11.9. The molecule has 0 amide bonds. The first-order valence-corrected chi connectivity index (χ1v) is 6.75. The van der Waals surface area contributed by atoms with E-state index in [-0.39, 0.29) is 0 Å². The smallest absolute Gasteiger partial charge is 0.0363 e. The number of nitrogens with two attached hydrogens (primary N) is 1. The molecule has 2 heteroatoms. The van der Waals surface area contributed by atoms with Crippen LogP contribution in [0.1, 0.15) is 43.7 Å². The molecular weight excluding hydrogens is 208 g/mol. The Morgan fingerprint density at radius 1 is 1.24 bits per heavy atom. The van der Waals surface area contributed by atoms with Gasteiger partial charge in [-0.2, -0.15) is 0 Å². The number of anilines is 1. The number of rotatable bonds is 2. The molecule has 0 saturated heterocycles. The molecule has 1 heterocycles. The van der Waals surface area contributed by atoms with Gasteiger partial charge in [0.15, 0.2) is 0 Å². The van der Waals surface area contributed by atoms with Crippen LogP contribution in [0, 0.1) is 5.41 Å². The lowest BCUT2D eigenvalue weighted by atomic mass is 9.88. The highest BCUT2D eigenvalue weighted by molar-refractivity contribution is 5.52. The molecule has 1 fully saturated rings. The van der Waals surface area contributed by atoms with Gasteiger partial charge < -0.3 is 5.73 Å². The van der Waals surface area contributed by atoms with E-state index in [1.54, 1.807) is 0 Å². The summed E-state index contributed by atoms with van der Waals surface area (Å²) in [5.74, 6) is 0. The van der Waals surface area contributed by atoms with Gasteiger partial charge in [-0.15, -0.1) is 0 Å². The van der Waals surface area contributed by atoms with Crippen molar-refractivity contribution in [3.8, 4) is 0 Å². The van der Waals surface area contributed by atoms with Crippen LogP contribution >= 0.6 is 0 Å². The lowest BCUT2D eigenvalue weighted by Gasteiger charge is -2.29. The van der Waals surface area contributed by atoms with Crippen LogP contribution in [0.4, 0.5) is 5.69 Å². The zero-order valence-corrected chi connectivity index (χ0v) is 10.7. The van der Waals surface area contributed by atoms with Crippen molar-refractivity contribution in [2.75, 3.05) is 12.3 Å². The fraction of sp³-hybridized carbons (Fsp3) is 0.600. The standard InChI is InChI=1S/C15H22N2/c1-15(7-2-3-8-15)11-17-9-12-5-4-6-14(16)13(12)10-17/h4-6H,2-3,7-11,16H2,1H3. The summed E-state index contributed by atoms with van der Waals surface area (Å²) in [4.78, 5) is 2.58. The molecule has 2 aliphatic rings. The van der Waals surface area contributed by atoms with Gasteiger partial charge in [0.1, 0.15) is 0 Å². The number of nitrogen functional groups attached to an aromatic ring is 1. The Balaban J connectivity index is 1.72. The first-order valence-electron chi connectivity index (χ1n) is 6.75. The Kier molecular flexibility index (Phi) is 2.62. The van der Waals surface area contributed by atoms with E-state index in [9.17, 15) is 0 Å². The van der Waals surface area contributed by atoms with Gasteiger partial charge in [0.05, 0.1) is 0 Å². The molecule has 0 spiro atoms. The predicted molar refractivity (Wildman–Crippen MR) is 71.5 cm³/mol. The third-order valence-electron chi connectivity index (χ3n) is 4.50. The summed E-state index contributed by atoms with van der Waals surface area (Å²) in [7, 11) is 0. The quantitative estimate of drug-likeness (QED) is 0.791. The van der Waals surface area contributed by atoms with Crippen molar-refractivity contribution < 1.29 is 0 Å². The van der Waals surface area contributed by atoms with Crippen LogP contribution in [0.3, 0.4) is 0 Å². The van der Waals surface area contributed by atoms with Gasteiger partial charge in [-0.3, -0.25) is 4.90 Å². The van der Waals surface area contributed by atoms with E-state index in [1.807, 2.05) is 6.07 Å². The van der Waals surface area contributed by atoms with E-state index in [0.717, 1.165) is 18.8 Å². The molecule has 1 aromatic carbocycles. The van der Waals surface area contributed by atoms with Crippen molar-refractivity contribution in [3.63, 3.8) is 0 Å². The Morgan fingerprint density at radius 3 is 2.71 bits per heavy atom. The lowest BCUT2D eigenvalue weighted by molar-refractivity contribution is 0.168. The van der Waals surface area contributed by atoms with Crippen LogP contribution in [0.5, 0.6) is 0 Å². The van der Waals surface area contributed by atoms with Crippen molar-refractivity contribution in [2.24, 2.45) is 5.41 Å². The Hall–Kier alpha value is -1.02. The molecule has 0 bridgehead atoms. The van der Waals surface area contributed by atoms with Crippen LogP contribution in [-0.2, 0) is 13.1 Å². The average molecular weight is 230 g/mol. The lowest BCUT2D eigenvalue weighted by Crippen LogP contribution is -2.30. The van der Waals surface area contributed by atoms with Gasteiger partial charge in [-0.25, -0.2) is 0 Å². The Labute approximate surface area is 104 Å². The van der Waals surface area contributed by atoms with Gasteiger partial charge in [0.2, 0.25) is 0 Å². The minimum Gasteiger partial charge on any atom is -0.398 e. The molecule has 2 nitrogen and oxygen atoms in total. The first-order chi connectivity index (χ1) is 8.16. The van der Waals surface area contributed by atoms with Crippen LogP contribution in [0.15, 0.2) is 18.2 Å². The van der Waals surface area contributed by atoms with Gasteiger partial charge in [-0.05, 0) is 35.4 Å². The molecule has 0 aromatic heterocycles. The zero-order valence-electron chi connectivity index (χ0n) is 10.7. The minimum absolute atomic E-state index is 0.552. The molecule has 0 atom stereocenters. The molecule has 1 aromatic rings. The summed E-state index contributed by atoms with van der Waals surface area (Å²) in [6, 6.07) is 6.33. The molecular formula is C15H22N2. The molecule has 0 unspecified atom stereocenters. The van der Waals surface area contributed by atoms with Gasteiger partial charge in [0, 0.05) is 25.3 Å². The summed E-state index contributed by atoms with van der Waals surface area (Å²) >= 11 is 0. The fourth-order valence-corrected chi connectivity index (χ4v) is 3.55. The molecule has 1 aliphatic carbocycles. The Morgan fingerprint density at radius 2 is 2.00 bits per heavy atom. The fourth-order valence-electron chi connectivity index (χ4n) is 3.55. The SMILES string of the molecule is CC1(CN2Cc3cccc(N)c3C2)CCCC1. The normalized spacial score (nSPS) is 22.9. The van der Waals surface area contributed by atoms with Crippen molar-refractivity contribution in [1.82, 2.24) is 4.90 Å². The number of fused-ring (bicyclic) bond motifs is 1. The summed E-state index contributed by atoms with van der Waals surface area (Å²) < 4.78 is 0. The maximum Gasteiger partial charge on any atom is 0.0363 e. The van der Waals surface area contributed by atoms with E-state index in [2.05, 4.69) is 24.0 Å². The number of nitrogens with zero attached hydrogens (tertiary/aromatic N) is 1. The largest absolute Gasteiger partial charge is 0.398 e. The van der Waals surface area contributed by atoms with Gasteiger partial charge in [0.25, 0.3) is 0 Å². The second kappa shape index (κ2) is 4.02. The van der Waals surface area contributed by atoms with E-state index < -0.39 is 0 Å². The van der Waals surface area contributed by atoms with E-state index in [0.29, 0.717) is 5.41 Å². The minimum atomic E-state index is 0.552. The van der Waals surface area contributed by atoms with E-state index >= 15 is 0 Å². The Bertz CT molecular complexity index is 419.